The summed E-state index contributed by atoms with van der Waals surface area (Å²) < 4.78 is 1.84. The van der Waals surface area contributed by atoms with Crippen LogP contribution in [-0.2, 0) is 22.7 Å². The molecule has 0 aliphatic carbocycles. The van der Waals surface area contributed by atoms with Gasteiger partial charge in [-0.15, -0.1) is 0 Å². The molecule has 28 heavy (non-hydrogen) atoms. The molecule has 6 nitrogen and oxygen atoms in total. The predicted octanol–water partition coefficient (Wildman–Crippen LogP) is 2.60. The van der Waals surface area contributed by atoms with E-state index in [-0.39, 0.29) is 11.8 Å². The van der Waals surface area contributed by atoms with Gasteiger partial charge in [0.25, 0.3) is 0 Å². The van der Waals surface area contributed by atoms with Crippen LogP contribution in [0.5, 0.6) is 0 Å². The highest BCUT2D eigenvalue weighted by Crippen LogP contribution is 2.25. The van der Waals surface area contributed by atoms with Gasteiger partial charge in [0.15, 0.2) is 0 Å². The van der Waals surface area contributed by atoms with E-state index >= 15 is 0 Å². The molecule has 0 radical (unpaired) electrons. The lowest BCUT2D eigenvalue weighted by molar-refractivity contribution is -0.132. The van der Waals surface area contributed by atoms with Gasteiger partial charge in [0.2, 0.25) is 11.8 Å². The molecule has 1 atom stereocenters. The van der Waals surface area contributed by atoms with Crippen molar-refractivity contribution in [3.8, 4) is 0 Å². The molecule has 1 aliphatic heterocycles. The summed E-state index contributed by atoms with van der Waals surface area (Å²) in [6.45, 7) is 1.61. The zero-order valence-corrected chi connectivity index (χ0v) is 15.5. The van der Waals surface area contributed by atoms with Gasteiger partial charge >= 0.3 is 0 Å². The Balaban J connectivity index is 1.32. The quantitative estimate of drug-likeness (QED) is 0.675. The Bertz CT molecular complexity index is 953. The third-order valence-electron chi connectivity index (χ3n) is 4.93. The smallest absolute Gasteiger partial charge is 0.239 e. The molecule has 0 spiro atoms. The van der Waals surface area contributed by atoms with Crippen molar-refractivity contribution >= 4 is 17.5 Å². The zero-order chi connectivity index (χ0) is 19.3. The summed E-state index contributed by atoms with van der Waals surface area (Å²) in [6, 6.07) is 19.5. The topological polar surface area (TPSA) is 67.2 Å². The van der Waals surface area contributed by atoms with E-state index in [9.17, 15) is 9.59 Å². The first kappa shape index (κ1) is 18.0. The van der Waals surface area contributed by atoms with Crippen molar-refractivity contribution in [2.45, 2.75) is 19.5 Å². The van der Waals surface area contributed by atoms with Gasteiger partial charge in [-0.25, -0.2) is 0 Å². The van der Waals surface area contributed by atoms with Gasteiger partial charge in [0.1, 0.15) is 5.92 Å². The monoisotopic (exact) mass is 374 g/mol. The molecule has 0 bridgehead atoms. The van der Waals surface area contributed by atoms with Crippen molar-refractivity contribution < 1.29 is 9.59 Å². The Labute approximate surface area is 163 Å². The van der Waals surface area contributed by atoms with Crippen LogP contribution < -0.4 is 10.2 Å². The number of aromatic nitrogens is 2. The first-order valence-corrected chi connectivity index (χ1v) is 9.40. The number of hydrogen-bond donors (Lipinski definition) is 1. The number of carbonyl (C=O) groups excluding carboxylic acids is 2. The third-order valence-corrected chi connectivity index (χ3v) is 4.93. The van der Waals surface area contributed by atoms with Gasteiger partial charge in [-0.1, -0.05) is 48.5 Å². The molecule has 0 saturated carbocycles. The number of amides is 2. The number of rotatable bonds is 6. The van der Waals surface area contributed by atoms with Crippen LogP contribution in [-0.4, -0.2) is 28.1 Å². The second kappa shape index (κ2) is 8.08. The predicted molar refractivity (Wildman–Crippen MR) is 107 cm³/mol. The Morgan fingerprint density at radius 3 is 2.50 bits per heavy atom. The summed E-state index contributed by atoms with van der Waals surface area (Å²) in [7, 11) is 0. The minimum absolute atomic E-state index is 0.136. The molecule has 1 saturated heterocycles. The van der Waals surface area contributed by atoms with E-state index in [0.29, 0.717) is 26.1 Å². The Kier molecular flexibility index (Phi) is 5.19. The summed E-state index contributed by atoms with van der Waals surface area (Å²) in [4.78, 5) is 26.8. The van der Waals surface area contributed by atoms with Crippen LogP contribution in [0.1, 0.15) is 17.5 Å². The molecule has 2 amide bonds. The van der Waals surface area contributed by atoms with Gasteiger partial charge in [-0.05, 0) is 24.1 Å². The summed E-state index contributed by atoms with van der Waals surface area (Å²) in [5.74, 6) is -0.984. The fourth-order valence-corrected chi connectivity index (χ4v) is 3.45. The normalized spacial score (nSPS) is 16.4. The largest absolute Gasteiger partial charge is 0.351 e. The van der Waals surface area contributed by atoms with Gasteiger partial charge in [0.05, 0.1) is 12.7 Å². The summed E-state index contributed by atoms with van der Waals surface area (Å²) in [5, 5.41) is 7.22. The summed E-state index contributed by atoms with van der Waals surface area (Å²) >= 11 is 0. The molecule has 3 aromatic rings. The second-order valence-electron chi connectivity index (χ2n) is 6.92. The third kappa shape index (κ3) is 3.96. The molecule has 1 aliphatic rings. The minimum atomic E-state index is -0.625. The van der Waals surface area contributed by atoms with Crippen molar-refractivity contribution in [1.29, 1.82) is 0 Å². The molecule has 1 unspecified atom stereocenters. The molecule has 1 N–H and O–H groups in total. The van der Waals surface area contributed by atoms with E-state index in [0.717, 1.165) is 11.3 Å². The van der Waals surface area contributed by atoms with E-state index in [1.807, 2.05) is 71.5 Å². The Hall–Kier alpha value is -3.41. The molecule has 2 aromatic carbocycles. The van der Waals surface area contributed by atoms with E-state index in [1.165, 1.54) is 5.56 Å². The molecule has 142 valence electrons. The fraction of sp³-hybridized carbons (Fsp3) is 0.227. The molecular weight excluding hydrogens is 352 g/mol. The van der Waals surface area contributed by atoms with Crippen LogP contribution in [0.2, 0.25) is 0 Å². The SMILES string of the molecule is O=C(NCc1cnn(Cc2ccccc2)c1)C1CCN(c2ccccc2)C1=O. The first-order valence-electron chi connectivity index (χ1n) is 9.40. The number of anilines is 1. The van der Waals surface area contributed by atoms with Crippen LogP contribution in [0.4, 0.5) is 5.69 Å². The lowest BCUT2D eigenvalue weighted by Gasteiger charge is -2.16. The van der Waals surface area contributed by atoms with Crippen LogP contribution in [0, 0.1) is 5.92 Å². The average molecular weight is 374 g/mol. The van der Waals surface area contributed by atoms with E-state index in [1.54, 1.807) is 11.1 Å². The number of hydrogen-bond acceptors (Lipinski definition) is 3. The van der Waals surface area contributed by atoms with E-state index in [4.69, 9.17) is 0 Å². The van der Waals surface area contributed by atoms with Crippen LogP contribution in [0.25, 0.3) is 0 Å². The van der Waals surface area contributed by atoms with Crippen molar-refractivity contribution in [2.24, 2.45) is 5.92 Å². The standard InChI is InChI=1S/C22H22N4O2/c27-21(20-11-12-26(22(20)28)19-9-5-2-6-10-19)23-13-18-14-24-25(16-18)15-17-7-3-1-4-8-17/h1-10,14,16,20H,11-13,15H2,(H,23,27). The maximum absolute atomic E-state index is 12.6. The number of nitrogens with zero attached hydrogens (tertiary/aromatic N) is 3. The minimum Gasteiger partial charge on any atom is -0.351 e. The highest BCUT2D eigenvalue weighted by Gasteiger charge is 2.37. The lowest BCUT2D eigenvalue weighted by Crippen LogP contribution is -2.36. The number of nitrogens with one attached hydrogen (secondary N) is 1. The van der Waals surface area contributed by atoms with Crippen molar-refractivity contribution in [3.63, 3.8) is 0 Å². The number of benzene rings is 2. The van der Waals surface area contributed by atoms with E-state index in [2.05, 4.69) is 10.4 Å². The van der Waals surface area contributed by atoms with Gasteiger partial charge < -0.3 is 10.2 Å². The zero-order valence-electron chi connectivity index (χ0n) is 15.5. The van der Waals surface area contributed by atoms with Crippen molar-refractivity contribution in [1.82, 2.24) is 15.1 Å². The van der Waals surface area contributed by atoms with Crippen molar-refractivity contribution in [3.05, 3.63) is 84.2 Å². The molecular formula is C22H22N4O2. The van der Waals surface area contributed by atoms with E-state index < -0.39 is 5.92 Å². The van der Waals surface area contributed by atoms with Crippen LogP contribution in [0.3, 0.4) is 0 Å². The molecule has 4 rings (SSSR count). The molecule has 2 heterocycles. The Morgan fingerprint density at radius 2 is 1.75 bits per heavy atom. The van der Waals surface area contributed by atoms with Gasteiger partial charge in [-0.2, -0.15) is 5.10 Å². The first-order chi connectivity index (χ1) is 13.7. The van der Waals surface area contributed by atoms with Crippen molar-refractivity contribution in [2.75, 3.05) is 11.4 Å². The second-order valence-corrected chi connectivity index (χ2v) is 6.92. The molecule has 1 fully saturated rings. The summed E-state index contributed by atoms with van der Waals surface area (Å²) in [6.07, 6.45) is 4.20. The number of carbonyl (C=O) groups is 2. The molecule has 1 aromatic heterocycles. The van der Waals surface area contributed by atoms with Gasteiger partial charge in [-0.3, -0.25) is 14.3 Å². The maximum atomic E-state index is 12.6. The highest BCUT2D eigenvalue weighted by molar-refractivity contribution is 6.09. The Morgan fingerprint density at radius 1 is 1.04 bits per heavy atom. The molecule has 6 heteroatoms. The van der Waals surface area contributed by atoms with Gasteiger partial charge in [0, 0.05) is 30.5 Å². The fourth-order valence-electron chi connectivity index (χ4n) is 3.45. The average Bonchev–Trinajstić information content (AvgIpc) is 3.34. The van der Waals surface area contributed by atoms with Crippen LogP contribution in [0.15, 0.2) is 73.1 Å². The maximum Gasteiger partial charge on any atom is 0.239 e. The number of para-hydroxylation sites is 1. The highest BCUT2D eigenvalue weighted by atomic mass is 16.2. The van der Waals surface area contributed by atoms with Crippen LogP contribution >= 0.6 is 0 Å². The lowest BCUT2D eigenvalue weighted by atomic mass is 10.1. The summed E-state index contributed by atoms with van der Waals surface area (Å²) in [5.41, 5.74) is 2.92.